The van der Waals surface area contributed by atoms with Crippen LogP contribution in [0.15, 0.2) is 69.9 Å². The zero-order chi connectivity index (χ0) is 27.1. The molecule has 0 unspecified atom stereocenters. The van der Waals surface area contributed by atoms with Crippen LogP contribution in [0.5, 0.6) is 0 Å². The van der Waals surface area contributed by atoms with Crippen molar-refractivity contribution in [3.63, 3.8) is 0 Å². The Bertz CT molecular complexity index is 1770. The number of aromatic nitrogens is 1. The molecule has 1 aliphatic heterocycles. The van der Waals surface area contributed by atoms with Gasteiger partial charge in [-0.05, 0) is 35.0 Å². The van der Waals surface area contributed by atoms with Crippen LogP contribution >= 0.6 is 23.7 Å². The number of benzene rings is 3. The first kappa shape index (κ1) is 28.0. The molecule has 0 atom stereocenters. The predicted molar refractivity (Wildman–Crippen MR) is 151 cm³/mol. The molecule has 3 aromatic carbocycles. The van der Waals surface area contributed by atoms with Gasteiger partial charge in [-0.1, -0.05) is 47.7 Å². The van der Waals surface area contributed by atoms with E-state index in [0.717, 1.165) is 28.2 Å². The highest BCUT2D eigenvalue weighted by Gasteiger charge is 2.35. The molecule has 6 rings (SSSR count). The van der Waals surface area contributed by atoms with Crippen LogP contribution in [0.4, 0.5) is 18.3 Å². The van der Waals surface area contributed by atoms with Gasteiger partial charge in [0, 0.05) is 31.6 Å². The van der Waals surface area contributed by atoms with Crippen molar-refractivity contribution < 1.29 is 27.1 Å². The highest BCUT2D eigenvalue weighted by Crippen LogP contribution is 2.38. The molecule has 2 aromatic heterocycles. The molecule has 0 aliphatic carbocycles. The molecule has 1 fully saturated rings. The fourth-order valence-electron chi connectivity index (χ4n) is 4.80. The number of carbonyl (C=O) groups is 1. The fraction of sp³-hybridized carbons (Fsp3) is 0.250. The first-order chi connectivity index (χ1) is 18.8. The zero-order valence-electron chi connectivity index (χ0n) is 20.9. The van der Waals surface area contributed by atoms with Crippen LogP contribution in [-0.4, -0.2) is 55.2 Å². The smallest absolute Gasteiger partial charge is 0.418 e. The van der Waals surface area contributed by atoms with Crippen LogP contribution in [0.2, 0.25) is 0 Å². The number of hydrogen-bond donors (Lipinski definition) is 0. The first-order valence-corrected chi connectivity index (χ1v) is 13.2. The van der Waals surface area contributed by atoms with Crippen LogP contribution in [0.3, 0.4) is 0 Å². The van der Waals surface area contributed by atoms with Gasteiger partial charge in [0.05, 0.1) is 29.0 Å². The highest BCUT2D eigenvalue weighted by atomic mass is 35.5. The lowest BCUT2D eigenvalue weighted by Crippen LogP contribution is -2.44. The van der Waals surface area contributed by atoms with Crippen LogP contribution in [0.25, 0.3) is 32.0 Å². The molecule has 0 spiro atoms. The van der Waals surface area contributed by atoms with Crippen molar-refractivity contribution in [2.45, 2.75) is 6.18 Å². The zero-order valence-corrected chi connectivity index (χ0v) is 22.6. The largest absolute Gasteiger partial charge is 0.422 e. The summed E-state index contributed by atoms with van der Waals surface area (Å²) in [4.78, 5) is 34.6. The van der Waals surface area contributed by atoms with Gasteiger partial charge >= 0.3 is 11.8 Å². The summed E-state index contributed by atoms with van der Waals surface area (Å²) in [5.41, 5.74) is -1.80. The summed E-state index contributed by atoms with van der Waals surface area (Å²) in [7, 11) is 0. The molecule has 12 heteroatoms. The number of nitrogens with zero attached hydrogens (tertiary/aromatic N) is 3. The van der Waals surface area contributed by atoms with E-state index in [1.54, 1.807) is 6.07 Å². The van der Waals surface area contributed by atoms with Gasteiger partial charge in [-0.3, -0.25) is 14.6 Å². The van der Waals surface area contributed by atoms with E-state index in [1.807, 2.05) is 30.3 Å². The normalized spacial score (nSPS) is 14.5. The highest BCUT2D eigenvalue weighted by molar-refractivity contribution is 7.22. The average Bonchev–Trinajstić information content (AvgIpc) is 3.36. The second kappa shape index (κ2) is 11.2. The van der Waals surface area contributed by atoms with Crippen molar-refractivity contribution in [1.82, 2.24) is 9.88 Å². The Morgan fingerprint density at radius 2 is 1.80 bits per heavy atom. The van der Waals surface area contributed by atoms with Gasteiger partial charge in [0.25, 0.3) is 5.91 Å². The number of carbonyl (C=O) groups excluding carboxylic acids is 1. The van der Waals surface area contributed by atoms with E-state index in [4.69, 9.17) is 9.15 Å². The first-order valence-electron chi connectivity index (χ1n) is 12.3. The second-order valence-corrected chi connectivity index (χ2v) is 10.2. The maximum absolute atomic E-state index is 13.9. The molecule has 5 aromatic rings. The molecule has 0 radical (unpaired) electrons. The van der Waals surface area contributed by atoms with Crippen LogP contribution < -0.4 is 10.5 Å². The standard InChI is InChI=1S/C28H22F3N3O4S.ClH/c29-28(30,31)21-6-3-7-23-24(21)32-27(39-23)34(11-10-33-12-14-37-15-13-33)25(35)20-16-19-18-5-2-1-4-17(18)8-9-22(19)38-26(20)36;/h1-9,16H,10-15H2;1H. The number of halogens is 4. The summed E-state index contributed by atoms with van der Waals surface area (Å²) >= 11 is 0.975. The lowest BCUT2D eigenvalue weighted by molar-refractivity contribution is -0.136. The SMILES string of the molecule is Cl.O=C(c1cc2c(ccc3ccccc32)oc1=O)N(CCN1CCOCC1)c1nc2c(C(F)(F)F)cccc2s1. The molecular formula is C28H23ClF3N3O4S. The van der Waals surface area contributed by atoms with Crippen molar-refractivity contribution in [2.24, 2.45) is 0 Å². The number of para-hydroxylation sites is 1. The third-order valence-electron chi connectivity index (χ3n) is 6.81. The number of amides is 1. The Morgan fingerprint density at radius 1 is 1.02 bits per heavy atom. The van der Waals surface area contributed by atoms with Gasteiger partial charge in [-0.25, -0.2) is 9.78 Å². The summed E-state index contributed by atoms with van der Waals surface area (Å²) in [6.07, 6.45) is -4.60. The van der Waals surface area contributed by atoms with Gasteiger partial charge in [0.15, 0.2) is 5.13 Å². The van der Waals surface area contributed by atoms with Gasteiger partial charge in [0.2, 0.25) is 0 Å². The van der Waals surface area contributed by atoms with Crippen molar-refractivity contribution in [2.75, 3.05) is 44.3 Å². The molecule has 1 amide bonds. The Morgan fingerprint density at radius 3 is 2.58 bits per heavy atom. The maximum Gasteiger partial charge on any atom is 0.418 e. The third-order valence-corrected chi connectivity index (χ3v) is 7.85. The molecule has 40 heavy (non-hydrogen) atoms. The van der Waals surface area contributed by atoms with Gasteiger partial charge in [-0.15, -0.1) is 12.4 Å². The molecule has 0 bridgehead atoms. The number of fused-ring (bicyclic) bond motifs is 4. The van der Waals surface area contributed by atoms with E-state index < -0.39 is 23.3 Å². The summed E-state index contributed by atoms with van der Waals surface area (Å²) in [6.45, 7) is 2.96. The minimum absolute atomic E-state index is 0. The molecule has 1 aliphatic rings. The minimum atomic E-state index is -4.60. The van der Waals surface area contributed by atoms with Crippen molar-refractivity contribution >= 4 is 66.7 Å². The Kier molecular flexibility index (Phi) is 7.83. The second-order valence-electron chi connectivity index (χ2n) is 9.20. The quantitative estimate of drug-likeness (QED) is 0.186. The monoisotopic (exact) mass is 589 g/mol. The Labute approximate surface area is 236 Å². The molecule has 7 nitrogen and oxygen atoms in total. The number of anilines is 1. The van der Waals surface area contributed by atoms with Crippen LogP contribution in [-0.2, 0) is 10.9 Å². The average molecular weight is 590 g/mol. The van der Waals surface area contributed by atoms with E-state index in [9.17, 15) is 22.8 Å². The van der Waals surface area contributed by atoms with E-state index in [2.05, 4.69) is 9.88 Å². The van der Waals surface area contributed by atoms with E-state index in [1.165, 1.54) is 23.1 Å². The summed E-state index contributed by atoms with van der Waals surface area (Å²) < 4.78 is 52.3. The molecule has 3 heterocycles. The topological polar surface area (TPSA) is 75.9 Å². The molecular weight excluding hydrogens is 567 g/mol. The van der Waals surface area contributed by atoms with Crippen molar-refractivity contribution in [1.29, 1.82) is 0 Å². The number of ether oxygens (including phenoxy) is 1. The van der Waals surface area contributed by atoms with Gasteiger partial charge < -0.3 is 9.15 Å². The predicted octanol–water partition coefficient (Wildman–Crippen LogP) is 5.98. The van der Waals surface area contributed by atoms with Gasteiger partial charge in [-0.2, -0.15) is 13.2 Å². The number of alkyl halides is 3. The number of morpholine rings is 1. The van der Waals surface area contributed by atoms with Crippen LogP contribution in [0, 0.1) is 0 Å². The summed E-state index contributed by atoms with van der Waals surface area (Å²) in [5.74, 6) is -0.681. The Hall–Kier alpha value is -3.51. The molecule has 1 saturated heterocycles. The maximum atomic E-state index is 13.9. The number of thiazole rings is 1. The molecule has 0 N–H and O–H groups in total. The lowest BCUT2D eigenvalue weighted by Gasteiger charge is -2.29. The third kappa shape index (κ3) is 5.29. The minimum Gasteiger partial charge on any atom is -0.422 e. The number of rotatable bonds is 5. The van der Waals surface area contributed by atoms with E-state index in [0.29, 0.717) is 48.5 Å². The van der Waals surface area contributed by atoms with Crippen molar-refractivity contribution in [3.8, 4) is 0 Å². The van der Waals surface area contributed by atoms with Crippen molar-refractivity contribution in [3.05, 3.63) is 82.2 Å². The molecule has 0 saturated carbocycles. The Balaban J connectivity index is 0.00000323. The van der Waals surface area contributed by atoms with E-state index >= 15 is 0 Å². The summed E-state index contributed by atoms with van der Waals surface area (Å²) in [5, 5.41) is 2.39. The summed E-state index contributed by atoms with van der Waals surface area (Å²) in [6, 6.07) is 16.3. The number of hydrogen-bond acceptors (Lipinski definition) is 7. The fourth-order valence-corrected chi connectivity index (χ4v) is 5.81. The lowest BCUT2D eigenvalue weighted by atomic mass is 10.0. The van der Waals surface area contributed by atoms with Crippen LogP contribution in [0.1, 0.15) is 15.9 Å². The molecule has 208 valence electrons. The van der Waals surface area contributed by atoms with Gasteiger partial charge in [0.1, 0.15) is 11.1 Å². The van der Waals surface area contributed by atoms with E-state index in [-0.39, 0.29) is 35.2 Å².